The van der Waals surface area contributed by atoms with Gasteiger partial charge in [0.25, 0.3) is 0 Å². The van der Waals surface area contributed by atoms with Gasteiger partial charge in [0.15, 0.2) is 0 Å². The molecule has 3 unspecified atom stereocenters. The molecule has 0 radical (unpaired) electrons. The molecule has 0 aromatic heterocycles. The fourth-order valence-electron chi connectivity index (χ4n) is 3.84. The zero-order chi connectivity index (χ0) is 16.4. The zero-order valence-corrected chi connectivity index (χ0v) is 13.3. The summed E-state index contributed by atoms with van der Waals surface area (Å²) in [7, 11) is 0. The molecule has 1 aliphatic carbocycles. The molecular formula is C18H22O4-2. The van der Waals surface area contributed by atoms with E-state index in [1.54, 1.807) is 12.1 Å². The number of carbonyl (C=O) groups is 2. The molecule has 4 heteroatoms. The molecule has 1 fully saturated rings. The number of carboxylic acid groups (broad SMARTS) is 2. The molecule has 1 aromatic rings. The number of hydrogen-bond acceptors (Lipinski definition) is 4. The van der Waals surface area contributed by atoms with Crippen LogP contribution in [0, 0.1) is 17.8 Å². The highest BCUT2D eigenvalue weighted by Crippen LogP contribution is 2.45. The number of rotatable bonds is 4. The van der Waals surface area contributed by atoms with Crippen molar-refractivity contribution in [1.82, 2.24) is 0 Å². The van der Waals surface area contributed by atoms with Gasteiger partial charge in [0.1, 0.15) is 0 Å². The van der Waals surface area contributed by atoms with Crippen LogP contribution in [0.1, 0.15) is 72.2 Å². The molecule has 3 atom stereocenters. The molecule has 4 nitrogen and oxygen atoms in total. The standard InChI is InChI=1S/C18H24O4/c1-10(2)12-8-7-11(3)9-15(12)13-5-4-6-14(17(19)20)16(13)18(21)22/h4-6,10-12,15H,7-9H2,1-3H3,(H,19,20)(H,21,22)/p-2. The average Bonchev–Trinajstić information content (AvgIpc) is 2.45. The van der Waals surface area contributed by atoms with Gasteiger partial charge >= 0.3 is 0 Å². The largest absolute Gasteiger partial charge is 0.545 e. The predicted molar refractivity (Wildman–Crippen MR) is 79.2 cm³/mol. The van der Waals surface area contributed by atoms with Crippen LogP contribution in [-0.4, -0.2) is 11.9 Å². The van der Waals surface area contributed by atoms with Gasteiger partial charge in [-0.25, -0.2) is 0 Å². The number of aromatic carboxylic acids is 2. The molecule has 120 valence electrons. The highest BCUT2D eigenvalue weighted by Gasteiger charge is 2.33. The third kappa shape index (κ3) is 3.16. The number of hydrogen-bond donors (Lipinski definition) is 0. The fourth-order valence-corrected chi connectivity index (χ4v) is 3.84. The Labute approximate surface area is 131 Å². The Morgan fingerprint density at radius 1 is 1.14 bits per heavy atom. The molecule has 2 rings (SSSR count). The summed E-state index contributed by atoms with van der Waals surface area (Å²) in [5.74, 6) is -1.58. The topological polar surface area (TPSA) is 80.3 Å². The van der Waals surface area contributed by atoms with Crippen LogP contribution in [0.2, 0.25) is 0 Å². The maximum absolute atomic E-state index is 11.5. The summed E-state index contributed by atoms with van der Waals surface area (Å²) >= 11 is 0. The van der Waals surface area contributed by atoms with E-state index in [0.717, 1.165) is 19.3 Å². The van der Waals surface area contributed by atoms with Crippen molar-refractivity contribution < 1.29 is 19.8 Å². The van der Waals surface area contributed by atoms with Crippen LogP contribution in [0.5, 0.6) is 0 Å². The summed E-state index contributed by atoms with van der Waals surface area (Å²) in [6, 6.07) is 4.61. The van der Waals surface area contributed by atoms with E-state index < -0.39 is 11.9 Å². The minimum Gasteiger partial charge on any atom is -0.545 e. The highest BCUT2D eigenvalue weighted by molar-refractivity contribution is 6.01. The first-order valence-electron chi connectivity index (χ1n) is 7.88. The molecule has 0 spiro atoms. The summed E-state index contributed by atoms with van der Waals surface area (Å²) in [6.45, 7) is 6.43. The van der Waals surface area contributed by atoms with Crippen LogP contribution in [0.25, 0.3) is 0 Å². The number of carboxylic acids is 2. The lowest BCUT2D eigenvalue weighted by Crippen LogP contribution is -2.34. The summed E-state index contributed by atoms with van der Waals surface area (Å²) in [4.78, 5) is 22.8. The van der Waals surface area contributed by atoms with Gasteiger partial charge in [-0.3, -0.25) is 0 Å². The summed E-state index contributed by atoms with van der Waals surface area (Å²) in [6.07, 6.45) is 3.03. The van der Waals surface area contributed by atoms with Crippen LogP contribution in [-0.2, 0) is 0 Å². The SMILES string of the molecule is CC1CCC(C(C)C)C(c2cccc(C(=O)[O-])c2C(=O)[O-])C1. The van der Waals surface area contributed by atoms with Crippen molar-refractivity contribution in [2.24, 2.45) is 17.8 Å². The van der Waals surface area contributed by atoms with E-state index in [1.807, 2.05) is 0 Å². The van der Waals surface area contributed by atoms with E-state index in [1.165, 1.54) is 6.07 Å². The Morgan fingerprint density at radius 2 is 1.82 bits per heavy atom. The van der Waals surface area contributed by atoms with Crippen molar-refractivity contribution in [1.29, 1.82) is 0 Å². The van der Waals surface area contributed by atoms with Crippen LogP contribution < -0.4 is 10.2 Å². The third-order valence-electron chi connectivity index (χ3n) is 4.94. The monoisotopic (exact) mass is 302 g/mol. The van der Waals surface area contributed by atoms with Crippen molar-refractivity contribution in [3.05, 3.63) is 34.9 Å². The van der Waals surface area contributed by atoms with Gasteiger partial charge < -0.3 is 19.8 Å². The molecule has 1 aliphatic rings. The minimum absolute atomic E-state index is 0.0518. The van der Waals surface area contributed by atoms with Crippen LogP contribution in [0.15, 0.2) is 18.2 Å². The quantitative estimate of drug-likeness (QED) is 0.846. The first kappa shape index (κ1) is 16.5. The van der Waals surface area contributed by atoms with Crippen LogP contribution >= 0.6 is 0 Å². The first-order valence-corrected chi connectivity index (χ1v) is 7.88. The van der Waals surface area contributed by atoms with E-state index in [4.69, 9.17) is 0 Å². The lowest BCUT2D eigenvalue weighted by atomic mass is 9.66. The number of benzene rings is 1. The van der Waals surface area contributed by atoms with E-state index in [2.05, 4.69) is 20.8 Å². The first-order chi connectivity index (χ1) is 10.3. The summed E-state index contributed by atoms with van der Waals surface area (Å²) < 4.78 is 0. The van der Waals surface area contributed by atoms with Gasteiger partial charge in [-0.15, -0.1) is 0 Å². The second kappa shape index (κ2) is 6.51. The van der Waals surface area contributed by atoms with Gasteiger partial charge in [0.2, 0.25) is 0 Å². The lowest BCUT2D eigenvalue weighted by molar-refractivity contribution is -0.259. The second-order valence-electron chi connectivity index (χ2n) is 6.78. The predicted octanol–water partition coefficient (Wildman–Crippen LogP) is 1.59. The maximum Gasteiger partial charge on any atom is 0.0724 e. The molecule has 1 saturated carbocycles. The molecule has 22 heavy (non-hydrogen) atoms. The Morgan fingerprint density at radius 3 is 2.36 bits per heavy atom. The van der Waals surface area contributed by atoms with E-state index in [-0.39, 0.29) is 17.0 Å². The van der Waals surface area contributed by atoms with Crippen molar-refractivity contribution in [3.8, 4) is 0 Å². The zero-order valence-electron chi connectivity index (χ0n) is 13.3. The van der Waals surface area contributed by atoms with Crippen molar-refractivity contribution >= 4 is 11.9 Å². The summed E-state index contributed by atoms with van der Waals surface area (Å²) in [5.41, 5.74) is 0.109. The van der Waals surface area contributed by atoms with Crippen molar-refractivity contribution in [2.75, 3.05) is 0 Å². The Hall–Kier alpha value is -1.84. The molecule has 0 heterocycles. The highest BCUT2D eigenvalue weighted by atomic mass is 16.4. The normalized spacial score (nSPS) is 25.2. The van der Waals surface area contributed by atoms with Gasteiger partial charge in [0, 0.05) is 11.1 Å². The molecule has 1 aromatic carbocycles. The third-order valence-corrected chi connectivity index (χ3v) is 4.94. The van der Waals surface area contributed by atoms with E-state index in [9.17, 15) is 19.8 Å². The average molecular weight is 302 g/mol. The second-order valence-corrected chi connectivity index (χ2v) is 6.78. The van der Waals surface area contributed by atoms with Gasteiger partial charge in [-0.05, 0) is 42.1 Å². The molecule has 0 aliphatic heterocycles. The van der Waals surface area contributed by atoms with Crippen molar-refractivity contribution in [3.63, 3.8) is 0 Å². The molecule has 0 N–H and O–H groups in total. The Bertz CT molecular complexity index is 576. The lowest BCUT2D eigenvalue weighted by Gasteiger charge is -2.39. The van der Waals surface area contributed by atoms with Gasteiger partial charge in [-0.2, -0.15) is 0 Å². The van der Waals surface area contributed by atoms with Gasteiger partial charge in [-0.1, -0.05) is 45.4 Å². The molecule has 0 saturated heterocycles. The Balaban J connectivity index is 2.56. The van der Waals surface area contributed by atoms with Crippen LogP contribution in [0.3, 0.4) is 0 Å². The molecule has 0 amide bonds. The van der Waals surface area contributed by atoms with E-state index in [0.29, 0.717) is 23.3 Å². The number of carbonyl (C=O) groups excluding carboxylic acids is 2. The summed E-state index contributed by atoms with van der Waals surface area (Å²) in [5, 5.41) is 22.8. The molecular weight excluding hydrogens is 280 g/mol. The van der Waals surface area contributed by atoms with Crippen LogP contribution in [0.4, 0.5) is 0 Å². The maximum atomic E-state index is 11.5. The minimum atomic E-state index is -1.47. The smallest absolute Gasteiger partial charge is 0.0724 e. The molecule has 0 bridgehead atoms. The van der Waals surface area contributed by atoms with Gasteiger partial charge in [0.05, 0.1) is 11.9 Å². The fraction of sp³-hybridized carbons (Fsp3) is 0.556. The Kier molecular flexibility index (Phi) is 4.89. The van der Waals surface area contributed by atoms with Crippen molar-refractivity contribution in [2.45, 2.75) is 46.0 Å². The van der Waals surface area contributed by atoms with E-state index >= 15 is 0 Å².